The lowest BCUT2D eigenvalue weighted by atomic mass is 9.94. The third-order valence-electron chi connectivity index (χ3n) is 4.01. The molecule has 1 aliphatic heterocycles. The zero-order valence-corrected chi connectivity index (χ0v) is 10.4. The van der Waals surface area contributed by atoms with Gasteiger partial charge in [0.15, 0.2) is 0 Å². The Morgan fingerprint density at radius 1 is 1.47 bits per heavy atom. The second-order valence-corrected chi connectivity index (χ2v) is 5.36. The minimum absolute atomic E-state index is 0.148. The monoisotopic (exact) mass is 239 g/mol. The maximum atomic E-state index is 11.9. The van der Waals surface area contributed by atoms with Gasteiger partial charge in [-0.1, -0.05) is 19.8 Å². The molecule has 1 saturated heterocycles. The standard InChI is InChI=1S/C13H21NO3/c1-2-11(7-9-3-4-9)14-8-10(13(16)17)5-6-12(14)15/h9-11H,2-8H2,1H3,(H,16,17). The summed E-state index contributed by atoms with van der Waals surface area (Å²) in [5.41, 5.74) is 0. The Balaban J connectivity index is 1.98. The molecule has 1 saturated carbocycles. The minimum atomic E-state index is -0.760. The van der Waals surface area contributed by atoms with Crippen LogP contribution in [0.25, 0.3) is 0 Å². The molecular weight excluding hydrogens is 218 g/mol. The van der Waals surface area contributed by atoms with Gasteiger partial charge in [-0.3, -0.25) is 9.59 Å². The molecule has 2 fully saturated rings. The zero-order valence-electron chi connectivity index (χ0n) is 10.4. The van der Waals surface area contributed by atoms with Gasteiger partial charge in [0.1, 0.15) is 0 Å². The molecular formula is C13H21NO3. The summed E-state index contributed by atoms with van der Waals surface area (Å²) in [5.74, 6) is -0.197. The fourth-order valence-corrected chi connectivity index (χ4v) is 2.68. The molecule has 2 unspecified atom stereocenters. The van der Waals surface area contributed by atoms with Crippen molar-refractivity contribution >= 4 is 11.9 Å². The van der Waals surface area contributed by atoms with Crippen molar-refractivity contribution in [2.75, 3.05) is 6.54 Å². The van der Waals surface area contributed by atoms with Crippen LogP contribution in [0.5, 0.6) is 0 Å². The second kappa shape index (κ2) is 5.07. The van der Waals surface area contributed by atoms with Gasteiger partial charge >= 0.3 is 5.97 Å². The number of nitrogens with zero attached hydrogens (tertiary/aromatic N) is 1. The van der Waals surface area contributed by atoms with Crippen LogP contribution in [0.4, 0.5) is 0 Å². The first kappa shape index (κ1) is 12.4. The SMILES string of the molecule is CCC(CC1CC1)N1CC(C(=O)O)CCC1=O. The molecule has 1 aliphatic carbocycles. The highest BCUT2D eigenvalue weighted by atomic mass is 16.4. The van der Waals surface area contributed by atoms with E-state index in [2.05, 4.69) is 6.92 Å². The molecule has 4 nitrogen and oxygen atoms in total. The smallest absolute Gasteiger partial charge is 0.308 e. The predicted molar refractivity (Wildman–Crippen MR) is 63.5 cm³/mol. The number of amides is 1. The van der Waals surface area contributed by atoms with E-state index < -0.39 is 5.97 Å². The third-order valence-corrected chi connectivity index (χ3v) is 4.01. The summed E-state index contributed by atoms with van der Waals surface area (Å²) in [5, 5.41) is 9.05. The summed E-state index contributed by atoms with van der Waals surface area (Å²) in [4.78, 5) is 24.7. The van der Waals surface area contributed by atoms with Crippen molar-refractivity contribution in [2.45, 2.75) is 51.5 Å². The maximum Gasteiger partial charge on any atom is 0.308 e. The van der Waals surface area contributed by atoms with E-state index in [1.165, 1.54) is 12.8 Å². The number of hydrogen-bond acceptors (Lipinski definition) is 2. The van der Waals surface area contributed by atoms with Gasteiger partial charge in [-0.05, 0) is 25.2 Å². The van der Waals surface area contributed by atoms with E-state index in [9.17, 15) is 9.59 Å². The van der Waals surface area contributed by atoms with Crippen LogP contribution in [0.3, 0.4) is 0 Å². The first-order chi connectivity index (χ1) is 8.11. The van der Waals surface area contributed by atoms with Crippen LogP contribution in [-0.2, 0) is 9.59 Å². The topological polar surface area (TPSA) is 57.6 Å². The molecule has 0 spiro atoms. The Kier molecular flexibility index (Phi) is 3.69. The van der Waals surface area contributed by atoms with E-state index in [4.69, 9.17) is 5.11 Å². The molecule has 1 heterocycles. The molecule has 0 radical (unpaired) electrons. The van der Waals surface area contributed by atoms with Crippen LogP contribution in [0.2, 0.25) is 0 Å². The molecule has 4 heteroatoms. The average Bonchev–Trinajstić information content (AvgIpc) is 3.10. The number of rotatable bonds is 5. The minimum Gasteiger partial charge on any atom is -0.481 e. The molecule has 0 aromatic carbocycles. The van der Waals surface area contributed by atoms with Crippen molar-refractivity contribution in [2.24, 2.45) is 11.8 Å². The fourth-order valence-electron chi connectivity index (χ4n) is 2.68. The van der Waals surface area contributed by atoms with Gasteiger partial charge < -0.3 is 10.0 Å². The molecule has 2 aliphatic rings. The van der Waals surface area contributed by atoms with Crippen LogP contribution >= 0.6 is 0 Å². The maximum absolute atomic E-state index is 11.9. The van der Waals surface area contributed by atoms with E-state index in [1.807, 2.05) is 4.90 Å². The van der Waals surface area contributed by atoms with Crippen LogP contribution in [-0.4, -0.2) is 34.5 Å². The van der Waals surface area contributed by atoms with Gasteiger partial charge in [0.2, 0.25) is 5.91 Å². The van der Waals surface area contributed by atoms with E-state index in [0.717, 1.165) is 18.8 Å². The third kappa shape index (κ3) is 2.99. The van der Waals surface area contributed by atoms with Gasteiger partial charge in [0.25, 0.3) is 0 Å². The Morgan fingerprint density at radius 2 is 2.18 bits per heavy atom. The van der Waals surface area contributed by atoms with E-state index in [0.29, 0.717) is 19.4 Å². The van der Waals surface area contributed by atoms with Crippen molar-refractivity contribution in [3.8, 4) is 0 Å². The molecule has 0 aromatic rings. The number of carboxylic acid groups (broad SMARTS) is 1. The molecule has 0 bridgehead atoms. The van der Waals surface area contributed by atoms with Gasteiger partial charge in [-0.2, -0.15) is 0 Å². The van der Waals surface area contributed by atoms with Gasteiger partial charge in [-0.15, -0.1) is 0 Å². The lowest BCUT2D eigenvalue weighted by Gasteiger charge is -2.37. The van der Waals surface area contributed by atoms with E-state index in [-0.39, 0.29) is 17.9 Å². The number of likely N-dealkylation sites (tertiary alicyclic amines) is 1. The Bertz CT molecular complexity index is 312. The largest absolute Gasteiger partial charge is 0.481 e. The summed E-state index contributed by atoms with van der Waals surface area (Å²) >= 11 is 0. The highest BCUT2D eigenvalue weighted by molar-refractivity contribution is 5.80. The number of carbonyl (C=O) groups excluding carboxylic acids is 1. The number of carbonyl (C=O) groups is 2. The van der Waals surface area contributed by atoms with Crippen molar-refractivity contribution in [1.29, 1.82) is 0 Å². The molecule has 0 aromatic heterocycles. The second-order valence-electron chi connectivity index (χ2n) is 5.36. The normalized spacial score (nSPS) is 27.0. The zero-order chi connectivity index (χ0) is 12.4. The van der Waals surface area contributed by atoms with Crippen molar-refractivity contribution in [3.63, 3.8) is 0 Å². The van der Waals surface area contributed by atoms with Crippen LogP contribution in [0.15, 0.2) is 0 Å². The predicted octanol–water partition coefficient (Wildman–Crippen LogP) is 1.89. The molecule has 17 heavy (non-hydrogen) atoms. The molecule has 2 atom stereocenters. The fraction of sp³-hybridized carbons (Fsp3) is 0.846. The lowest BCUT2D eigenvalue weighted by molar-refractivity contribution is -0.148. The summed E-state index contributed by atoms with van der Waals surface area (Å²) < 4.78 is 0. The molecule has 1 amide bonds. The van der Waals surface area contributed by atoms with E-state index in [1.54, 1.807) is 0 Å². The highest BCUT2D eigenvalue weighted by Crippen LogP contribution is 2.36. The average molecular weight is 239 g/mol. The Morgan fingerprint density at radius 3 is 2.71 bits per heavy atom. The Hall–Kier alpha value is -1.06. The number of aliphatic carboxylic acids is 1. The number of carboxylic acids is 1. The first-order valence-electron chi connectivity index (χ1n) is 6.64. The first-order valence-corrected chi connectivity index (χ1v) is 6.64. The van der Waals surface area contributed by atoms with Crippen molar-refractivity contribution in [1.82, 2.24) is 4.90 Å². The summed E-state index contributed by atoms with van der Waals surface area (Å²) in [6.45, 7) is 2.50. The molecule has 96 valence electrons. The summed E-state index contributed by atoms with van der Waals surface area (Å²) in [6.07, 6.45) is 5.47. The van der Waals surface area contributed by atoms with Crippen molar-refractivity contribution in [3.05, 3.63) is 0 Å². The molecule has 1 N–H and O–H groups in total. The summed E-state index contributed by atoms with van der Waals surface area (Å²) in [7, 11) is 0. The Labute approximate surface area is 102 Å². The quantitative estimate of drug-likeness (QED) is 0.797. The molecule has 2 rings (SSSR count). The van der Waals surface area contributed by atoms with Crippen LogP contribution in [0.1, 0.15) is 45.4 Å². The number of hydrogen-bond donors (Lipinski definition) is 1. The number of piperidine rings is 1. The van der Waals surface area contributed by atoms with Gasteiger partial charge in [0, 0.05) is 19.0 Å². The van der Waals surface area contributed by atoms with Crippen LogP contribution in [0, 0.1) is 11.8 Å². The van der Waals surface area contributed by atoms with Crippen molar-refractivity contribution < 1.29 is 14.7 Å². The lowest BCUT2D eigenvalue weighted by Crippen LogP contribution is -2.48. The summed E-state index contributed by atoms with van der Waals surface area (Å²) in [6, 6.07) is 0.261. The van der Waals surface area contributed by atoms with Crippen LogP contribution < -0.4 is 0 Å². The van der Waals surface area contributed by atoms with Gasteiger partial charge in [-0.25, -0.2) is 0 Å². The highest BCUT2D eigenvalue weighted by Gasteiger charge is 2.35. The van der Waals surface area contributed by atoms with E-state index >= 15 is 0 Å². The van der Waals surface area contributed by atoms with Gasteiger partial charge in [0.05, 0.1) is 5.92 Å².